The first-order chi connectivity index (χ1) is 11.8. The highest BCUT2D eigenvalue weighted by atomic mass is 15.4. The van der Waals surface area contributed by atoms with Crippen LogP contribution in [0, 0.1) is 0 Å². The Labute approximate surface area is 144 Å². The largest absolute Gasteiger partial charge is 0.295 e. The van der Waals surface area contributed by atoms with Crippen LogP contribution in [0.4, 0.5) is 0 Å². The topological polar surface area (TPSA) is 37.2 Å². The van der Waals surface area contributed by atoms with E-state index in [1.165, 1.54) is 50.0 Å². The van der Waals surface area contributed by atoms with Crippen LogP contribution in [0.5, 0.6) is 0 Å². The van der Waals surface area contributed by atoms with Gasteiger partial charge in [0.15, 0.2) is 0 Å². The predicted molar refractivity (Wildman–Crippen MR) is 94.3 cm³/mol. The van der Waals surface area contributed by atoms with Crippen molar-refractivity contribution in [3.63, 3.8) is 0 Å². The molecule has 2 fully saturated rings. The molecule has 0 aliphatic carbocycles. The Morgan fingerprint density at radius 2 is 1.62 bits per heavy atom. The van der Waals surface area contributed by atoms with Crippen LogP contribution in [0.3, 0.4) is 0 Å². The molecule has 3 heterocycles. The molecule has 5 nitrogen and oxygen atoms in total. The first kappa shape index (κ1) is 15.8. The van der Waals surface area contributed by atoms with Crippen LogP contribution in [0.15, 0.2) is 36.5 Å². The zero-order valence-electron chi connectivity index (χ0n) is 14.5. The Morgan fingerprint density at radius 3 is 2.25 bits per heavy atom. The van der Waals surface area contributed by atoms with E-state index in [2.05, 4.69) is 50.4 Å². The smallest absolute Gasteiger partial charge is 0.0738 e. The fourth-order valence-electron chi connectivity index (χ4n) is 4.45. The molecule has 0 N–H and O–H groups in total. The van der Waals surface area contributed by atoms with Gasteiger partial charge in [0.05, 0.1) is 11.9 Å². The molecule has 0 amide bonds. The molecule has 2 atom stereocenters. The Hall–Kier alpha value is -1.72. The van der Waals surface area contributed by atoms with Gasteiger partial charge in [-0.15, -0.1) is 5.10 Å². The quantitative estimate of drug-likeness (QED) is 0.846. The molecular formula is C19H27N5. The summed E-state index contributed by atoms with van der Waals surface area (Å²) in [5.41, 5.74) is 2.65. The van der Waals surface area contributed by atoms with E-state index in [1.807, 2.05) is 17.9 Å². The van der Waals surface area contributed by atoms with E-state index in [9.17, 15) is 0 Å². The summed E-state index contributed by atoms with van der Waals surface area (Å²) in [6.07, 6.45) is 7.20. The average Bonchev–Trinajstić information content (AvgIpc) is 3.31. The fraction of sp³-hybridized carbons (Fsp3) is 0.579. The second kappa shape index (κ2) is 7.03. The molecule has 5 heteroatoms. The van der Waals surface area contributed by atoms with Gasteiger partial charge < -0.3 is 0 Å². The SMILES string of the molecule is Cn1nncc1CN1CCC[C@@H]1[C@@H]1CCCN1Cc1ccccc1. The molecule has 2 aromatic rings. The lowest BCUT2D eigenvalue weighted by atomic mass is 10.0. The highest BCUT2D eigenvalue weighted by Crippen LogP contribution is 2.31. The molecule has 2 aliphatic rings. The van der Waals surface area contributed by atoms with E-state index in [4.69, 9.17) is 0 Å². The number of rotatable bonds is 5. The molecular weight excluding hydrogens is 298 g/mol. The number of aryl methyl sites for hydroxylation is 1. The summed E-state index contributed by atoms with van der Waals surface area (Å²) in [7, 11) is 1.99. The Morgan fingerprint density at radius 1 is 0.958 bits per heavy atom. The summed E-state index contributed by atoms with van der Waals surface area (Å²) < 4.78 is 1.91. The minimum Gasteiger partial charge on any atom is -0.295 e. The summed E-state index contributed by atoms with van der Waals surface area (Å²) in [4.78, 5) is 5.37. The molecule has 0 radical (unpaired) electrons. The maximum Gasteiger partial charge on any atom is 0.0738 e. The van der Waals surface area contributed by atoms with Crippen LogP contribution in [0.1, 0.15) is 36.9 Å². The lowest BCUT2D eigenvalue weighted by Crippen LogP contribution is -2.45. The summed E-state index contributed by atoms with van der Waals surface area (Å²) >= 11 is 0. The molecule has 0 bridgehead atoms. The minimum absolute atomic E-state index is 0.672. The van der Waals surface area contributed by atoms with Gasteiger partial charge in [-0.3, -0.25) is 14.5 Å². The maximum atomic E-state index is 4.08. The minimum atomic E-state index is 0.672. The first-order valence-electron chi connectivity index (χ1n) is 9.17. The standard InChI is InChI=1S/C19H27N5/c1-22-17(13-20-21-22)15-24-12-6-10-19(24)18-9-5-11-23(18)14-16-7-3-2-4-8-16/h2-4,7-8,13,18-19H,5-6,9-12,14-15H2,1H3/t18-,19+/m0/s1. The van der Waals surface area contributed by atoms with Gasteiger partial charge in [0.2, 0.25) is 0 Å². The van der Waals surface area contributed by atoms with Crippen molar-refractivity contribution in [1.29, 1.82) is 0 Å². The molecule has 2 aliphatic heterocycles. The van der Waals surface area contributed by atoms with Gasteiger partial charge in [0, 0.05) is 32.2 Å². The van der Waals surface area contributed by atoms with Crippen molar-refractivity contribution in [3.8, 4) is 0 Å². The summed E-state index contributed by atoms with van der Waals surface area (Å²) in [6, 6.07) is 12.3. The van der Waals surface area contributed by atoms with Gasteiger partial charge in [-0.05, 0) is 44.3 Å². The van der Waals surface area contributed by atoms with Crippen molar-refractivity contribution in [3.05, 3.63) is 47.8 Å². The van der Waals surface area contributed by atoms with Crippen molar-refractivity contribution >= 4 is 0 Å². The van der Waals surface area contributed by atoms with Crippen molar-refractivity contribution in [2.45, 2.75) is 50.9 Å². The Kier molecular flexibility index (Phi) is 4.63. The summed E-state index contributed by atoms with van der Waals surface area (Å²) in [5, 5.41) is 8.11. The van der Waals surface area contributed by atoms with Crippen molar-refractivity contribution in [1.82, 2.24) is 24.8 Å². The molecule has 0 spiro atoms. The molecule has 0 unspecified atom stereocenters. The van der Waals surface area contributed by atoms with Crippen LogP contribution in [-0.4, -0.2) is 50.0 Å². The van der Waals surface area contributed by atoms with E-state index in [-0.39, 0.29) is 0 Å². The second-order valence-electron chi connectivity index (χ2n) is 7.19. The summed E-state index contributed by atoms with van der Waals surface area (Å²) in [5.74, 6) is 0. The van der Waals surface area contributed by atoms with Crippen molar-refractivity contribution in [2.75, 3.05) is 13.1 Å². The van der Waals surface area contributed by atoms with Gasteiger partial charge in [0.25, 0.3) is 0 Å². The molecule has 0 saturated carbocycles. The van der Waals surface area contributed by atoms with E-state index in [1.54, 1.807) is 0 Å². The Bertz CT molecular complexity index is 653. The third-order valence-electron chi connectivity index (χ3n) is 5.67. The zero-order chi connectivity index (χ0) is 16.4. The van der Waals surface area contributed by atoms with Gasteiger partial charge in [-0.2, -0.15) is 0 Å². The number of likely N-dealkylation sites (tertiary alicyclic amines) is 2. The number of hydrogen-bond donors (Lipinski definition) is 0. The lowest BCUT2D eigenvalue weighted by Gasteiger charge is -2.35. The third kappa shape index (κ3) is 3.23. The molecule has 24 heavy (non-hydrogen) atoms. The number of hydrogen-bond acceptors (Lipinski definition) is 4. The number of nitrogens with zero attached hydrogens (tertiary/aromatic N) is 5. The van der Waals surface area contributed by atoms with E-state index >= 15 is 0 Å². The van der Waals surface area contributed by atoms with Crippen molar-refractivity contribution < 1.29 is 0 Å². The first-order valence-corrected chi connectivity index (χ1v) is 9.17. The van der Waals surface area contributed by atoms with Gasteiger partial charge in [-0.1, -0.05) is 35.5 Å². The molecule has 4 rings (SSSR count). The van der Waals surface area contributed by atoms with E-state index in [0.29, 0.717) is 12.1 Å². The van der Waals surface area contributed by atoms with Crippen LogP contribution >= 0.6 is 0 Å². The zero-order valence-corrected chi connectivity index (χ0v) is 14.5. The third-order valence-corrected chi connectivity index (χ3v) is 5.67. The van der Waals surface area contributed by atoms with Gasteiger partial charge in [-0.25, -0.2) is 0 Å². The van der Waals surface area contributed by atoms with Crippen LogP contribution in [-0.2, 0) is 20.1 Å². The average molecular weight is 325 g/mol. The maximum absolute atomic E-state index is 4.08. The normalized spacial score (nSPS) is 25.5. The highest BCUT2D eigenvalue weighted by molar-refractivity contribution is 5.15. The van der Waals surface area contributed by atoms with Crippen molar-refractivity contribution in [2.24, 2.45) is 7.05 Å². The van der Waals surface area contributed by atoms with Crippen LogP contribution in [0.25, 0.3) is 0 Å². The fourth-order valence-corrected chi connectivity index (χ4v) is 4.45. The van der Waals surface area contributed by atoms with Crippen LogP contribution in [0.2, 0.25) is 0 Å². The highest BCUT2D eigenvalue weighted by Gasteiger charge is 2.37. The summed E-state index contributed by atoms with van der Waals surface area (Å²) in [6.45, 7) is 4.50. The monoisotopic (exact) mass is 325 g/mol. The number of aromatic nitrogens is 3. The molecule has 128 valence electrons. The van der Waals surface area contributed by atoms with Crippen LogP contribution < -0.4 is 0 Å². The van der Waals surface area contributed by atoms with Gasteiger partial charge in [0.1, 0.15) is 0 Å². The van der Waals surface area contributed by atoms with Gasteiger partial charge >= 0.3 is 0 Å². The molecule has 2 saturated heterocycles. The lowest BCUT2D eigenvalue weighted by molar-refractivity contribution is 0.122. The second-order valence-corrected chi connectivity index (χ2v) is 7.19. The number of benzene rings is 1. The predicted octanol–water partition coefficient (Wildman–Crippen LogP) is 2.44. The molecule has 1 aromatic heterocycles. The molecule has 1 aromatic carbocycles. The van der Waals surface area contributed by atoms with E-state index in [0.717, 1.165) is 13.1 Å². The Balaban J connectivity index is 1.45. The van der Waals surface area contributed by atoms with E-state index < -0.39 is 0 Å².